The van der Waals surface area contributed by atoms with E-state index in [0.717, 1.165) is 17.8 Å². The van der Waals surface area contributed by atoms with Crippen LogP contribution in [-0.2, 0) is 11.0 Å². The van der Waals surface area contributed by atoms with Crippen molar-refractivity contribution in [2.24, 2.45) is 0 Å². The molecule has 0 spiro atoms. The SMILES string of the molecule is O=C(O)C[C@H]1S[C@H](c2cccc(F)c2F)c2cc(Cl)ccc2-n2c1nnc2C(F)(F)F. The average Bonchev–Trinajstić information content (AvgIpc) is 3.08. The van der Waals surface area contributed by atoms with Crippen molar-refractivity contribution in [2.75, 3.05) is 0 Å². The van der Waals surface area contributed by atoms with Gasteiger partial charge in [-0.15, -0.1) is 22.0 Å². The van der Waals surface area contributed by atoms with Crippen LogP contribution in [0.5, 0.6) is 0 Å². The van der Waals surface area contributed by atoms with Crippen molar-refractivity contribution >= 4 is 29.3 Å². The van der Waals surface area contributed by atoms with E-state index in [2.05, 4.69) is 10.2 Å². The van der Waals surface area contributed by atoms with E-state index >= 15 is 0 Å². The molecule has 1 N–H and O–H groups in total. The van der Waals surface area contributed by atoms with Gasteiger partial charge in [-0.2, -0.15) is 13.2 Å². The molecule has 31 heavy (non-hydrogen) atoms. The van der Waals surface area contributed by atoms with Crippen LogP contribution in [0.4, 0.5) is 22.0 Å². The van der Waals surface area contributed by atoms with Crippen LogP contribution in [0.2, 0.25) is 5.02 Å². The first kappa shape index (κ1) is 21.6. The Labute approximate surface area is 180 Å². The van der Waals surface area contributed by atoms with Gasteiger partial charge in [-0.25, -0.2) is 8.78 Å². The maximum atomic E-state index is 14.7. The number of alkyl halides is 3. The molecule has 3 aromatic rings. The highest BCUT2D eigenvalue weighted by atomic mass is 35.5. The molecule has 1 aromatic heterocycles. The summed E-state index contributed by atoms with van der Waals surface area (Å²) in [5, 5.41) is 14.1. The maximum absolute atomic E-state index is 14.7. The monoisotopic (exact) mass is 475 g/mol. The van der Waals surface area contributed by atoms with E-state index in [0.29, 0.717) is 4.57 Å². The van der Waals surface area contributed by atoms with Gasteiger partial charge in [0.15, 0.2) is 17.5 Å². The molecule has 2 aromatic carbocycles. The Morgan fingerprint density at radius 1 is 1.16 bits per heavy atom. The standard InChI is InChI=1S/C19H11ClF5N3O2S/c20-8-4-5-12-10(6-8)16(9-2-1-3-11(21)15(9)22)31-13(7-14(29)30)17-26-27-18(28(12)17)19(23,24)25/h1-6,13,16H,7H2,(H,29,30)/t13-,16-/m1/s1. The number of halogens is 6. The number of carboxylic acid groups (broad SMARTS) is 1. The molecule has 0 fully saturated rings. The summed E-state index contributed by atoms with van der Waals surface area (Å²) in [7, 11) is 0. The number of aliphatic carboxylic acids is 1. The first-order valence-corrected chi connectivity index (χ1v) is 10.0. The number of carbonyl (C=O) groups is 1. The third kappa shape index (κ3) is 3.87. The van der Waals surface area contributed by atoms with Gasteiger partial charge in [0, 0.05) is 10.6 Å². The first-order valence-electron chi connectivity index (χ1n) is 8.71. The van der Waals surface area contributed by atoms with Gasteiger partial charge >= 0.3 is 12.1 Å². The smallest absolute Gasteiger partial charge is 0.452 e. The van der Waals surface area contributed by atoms with Crippen molar-refractivity contribution in [3.05, 3.63) is 75.8 Å². The summed E-state index contributed by atoms with van der Waals surface area (Å²) in [6.07, 6.45) is -5.51. The summed E-state index contributed by atoms with van der Waals surface area (Å²) >= 11 is 6.91. The number of benzene rings is 2. The molecule has 4 rings (SSSR count). The number of hydrogen-bond donors (Lipinski definition) is 1. The molecular weight excluding hydrogens is 465 g/mol. The fraction of sp³-hybridized carbons (Fsp3) is 0.211. The summed E-state index contributed by atoms with van der Waals surface area (Å²) in [6.45, 7) is 0. The predicted molar refractivity (Wildman–Crippen MR) is 102 cm³/mol. The molecule has 0 saturated heterocycles. The molecule has 2 heterocycles. The normalized spacial score (nSPS) is 18.3. The molecule has 0 amide bonds. The number of nitrogens with zero attached hydrogens (tertiary/aromatic N) is 3. The van der Waals surface area contributed by atoms with E-state index in [9.17, 15) is 31.9 Å². The third-order valence-corrected chi connectivity index (χ3v) is 6.39. The second kappa shape index (κ2) is 7.79. The van der Waals surface area contributed by atoms with Gasteiger partial charge in [0.2, 0.25) is 5.82 Å². The molecule has 2 atom stereocenters. The molecule has 162 valence electrons. The molecule has 0 radical (unpaired) electrons. The molecule has 5 nitrogen and oxygen atoms in total. The quantitative estimate of drug-likeness (QED) is 0.502. The largest absolute Gasteiger partial charge is 0.481 e. The highest BCUT2D eigenvalue weighted by molar-refractivity contribution is 8.00. The molecule has 0 aliphatic carbocycles. The Morgan fingerprint density at radius 3 is 2.58 bits per heavy atom. The van der Waals surface area contributed by atoms with E-state index in [4.69, 9.17) is 11.6 Å². The van der Waals surface area contributed by atoms with E-state index in [1.54, 1.807) is 0 Å². The minimum absolute atomic E-state index is 0.0502. The summed E-state index contributed by atoms with van der Waals surface area (Å²) in [4.78, 5) is 11.4. The van der Waals surface area contributed by atoms with Crippen molar-refractivity contribution in [1.82, 2.24) is 14.8 Å². The van der Waals surface area contributed by atoms with Crippen LogP contribution in [0.15, 0.2) is 36.4 Å². The first-order chi connectivity index (χ1) is 14.6. The van der Waals surface area contributed by atoms with Crippen LogP contribution in [0.1, 0.15) is 39.7 Å². The van der Waals surface area contributed by atoms with Crippen LogP contribution < -0.4 is 0 Å². The lowest BCUT2D eigenvalue weighted by Crippen LogP contribution is -2.16. The molecule has 12 heteroatoms. The summed E-state index contributed by atoms with van der Waals surface area (Å²) in [5.74, 6) is -5.25. The summed E-state index contributed by atoms with van der Waals surface area (Å²) in [6, 6.07) is 7.42. The maximum Gasteiger partial charge on any atom is 0.452 e. The number of fused-ring (bicyclic) bond motifs is 3. The van der Waals surface area contributed by atoms with E-state index in [1.807, 2.05) is 0 Å². The predicted octanol–water partition coefficient (Wildman–Crippen LogP) is 5.57. The van der Waals surface area contributed by atoms with Crippen LogP contribution in [0, 0.1) is 11.6 Å². The second-order valence-corrected chi connectivity index (χ2v) is 8.41. The van der Waals surface area contributed by atoms with Crippen molar-refractivity contribution < 1.29 is 31.9 Å². The number of thioether (sulfide) groups is 1. The Bertz CT molecular complexity index is 1180. The van der Waals surface area contributed by atoms with E-state index < -0.39 is 46.5 Å². The minimum Gasteiger partial charge on any atom is -0.481 e. The molecule has 1 aliphatic rings. The lowest BCUT2D eigenvalue weighted by atomic mass is 10.0. The Morgan fingerprint density at radius 2 is 1.90 bits per heavy atom. The third-order valence-electron chi connectivity index (χ3n) is 4.67. The highest BCUT2D eigenvalue weighted by Crippen LogP contribution is 2.52. The zero-order valence-electron chi connectivity index (χ0n) is 15.2. The Kier molecular flexibility index (Phi) is 5.42. The molecule has 0 saturated carbocycles. The van der Waals surface area contributed by atoms with Crippen LogP contribution in [0.25, 0.3) is 5.69 Å². The lowest BCUT2D eigenvalue weighted by molar-refractivity contribution is -0.146. The molecule has 0 unspecified atom stereocenters. The van der Waals surface area contributed by atoms with Crippen molar-refractivity contribution in [1.29, 1.82) is 0 Å². The zero-order valence-corrected chi connectivity index (χ0v) is 16.8. The van der Waals surface area contributed by atoms with Crippen molar-refractivity contribution in [3.63, 3.8) is 0 Å². The second-order valence-electron chi connectivity index (χ2n) is 6.66. The van der Waals surface area contributed by atoms with Crippen LogP contribution in [0.3, 0.4) is 0 Å². The average molecular weight is 476 g/mol. The molecular formula is C19H11ClF5N3O2S. The van der Waals surface area contributed by atoms with Gasteiger partial charge in [-0.1, -0.05) is 23.7 Å². The number of rotatable bonds is 3. The number of carboxylic acids is 1. The Balaban J connectivity index is 2.04. The van der Waals surface area contributed by atoms with E-state index in [1.165, 1.54) is 30.3 Å². The number of aromatic nitrogens is 3. The van der Waals surface area contributed by atoms with Crippen molar-refractivity contribution in [3.8, 4) is 5.69 Å². The number of hydrogen-bond acceptors (Lipinski definition) is 4. The Hall–Kier alpha value is -2.66. The lowest BCUT2D eigenvalue weighted by Gasteiger charge is -2.21. The molecule has 1 aliphatic heterocycles. The van der Waals surface area contributed by atoms with E-state index in [-0.39, 0.29) is 27.7 Å². The molecule has 0 bridgehead atoms. The van der Waals surface area contributed by atoms with Crippen LogP contribution >= 0.6 is 23.4 Å². The minimum atomic E-state index is -4.90. The van der Waals surface area contributed by atoms with Gasteiger partial charge in [-0.3, -0.25) is 9.36 Å². The summed E-state index contributed by atoms with van der Waals surface area (Å²) < 4.78 is 70.3. The highest BCUT2D eigenvalue weighted by Gasteiger charge is 2.43. The van der Waals surface area contributed by atoms with Gasteiger partial charge in [0.1, 0.15) is 0 Å². The zero-order chi connectivity index (χ0) is 22.5. The topological polar surface area (TPSA) is 68.0 Å². The fourth-order valence-electron chi connectivity index (χ4n) is 3.43. The van der Waals surface area contributed by atoms with Crippen molar-refractivity contribution in [2.45, 2.75) is 23.1 Å². The summed E-state index contributed by atoms with van der Waals surface area (Å²) in [5.41, 5.74) is -0.0663. The van der Waals surface area contributed by atoms with Gasteiger partial charge < -0.3 is 5.11 Å². The van der Waals surface area contributed by atoms with Gasteiger partial charge in [0.05, 0.1) is 22.6 Å². The van der Waals surface area contributed by atoms with Crippen LogP contribution in [-0.4, -0.2) is 25.8 Å². The fourth-order valence-corrected chi connectivity index (χ4v) is 5.11. The van der Waals surface area contributed by atoms with Gasteiger partial charge in [0.25, 0.3) is 0 Å². The van der Waals surface area contributed by atoms with Gasteiger partial charge in [-0.05, 0) is 29.8 Å².